The molecule has 0 fully saturated rings. The Labute approximate surface area is 178 Å². The highest BCUT2D eigenvalue weighted by molar-refractivity contribution is 14.1. The Bertz CT molecular complexity index is 1070. The van der Waals surface area contributed by atoms with E-state index < -0.39 is 10.0 Å². The Morgan fingerprint density at radius 3 is 2.14 bits per heavy atom. The van der Waals surface area contributed by atoms with Gasteiger partial charge in [-0.05, 0) is 78.0 Å². The van der Waals surface area contributed by atoms with Gasteiger partial charge in [0.25, 0.3) is 10.0 Å². The van der Waals surface area contributed by atoms with Crippen LogP contribution >= 0.6 is 22.6 Å². The standard InChI is InChI=1S/C19H20IN5O2S/c1-13-21-18(12-19(22-13)25(2)3)23-15-6-8-16(9-7-15)24-28(26,27)17-10-4-14(20)5-11-17/h4-12,24H,1-3H3,(H,21,22,23). The smallest absolute Gasteiger partial charge is 0.261 e. The van der Waals surface area contributed by atoms with E-state index in [1.807, 2.05) is 32.0 Å². The zero-order valence-corrected chi connectivity index (χ0v) is 18.6. The molecule has 2 aromatic carbocycles. The number of aryl methyl sites for hydroxylation is 1. The van der Waals surface area contributed by atoms with Crippen molar-refractivity contribution in [2.24, 2.45) is 0 Å². The number of benzene rings is 2. The molecule has 0 radical (unpaired) electrons. The molecule has 28 heavy (non-hydrogen) atoms. The third-order valence-corrected chi connectivity index (χ3v) is 5.93. The zero-order valence-electron chi connectivity index (χ0n) is 15.6. The maximum absolute atomic E-state index is 12.5. The molecular formula is C19H20IN5O2S. The maximum Gasteiger partial charge on any atom is 0.261 e. The second kappa shape index (κ2) is 8.31. The normalized spacial score (nSPS) is 11.1. The van der Waals surface area contributed by atoms with Gasteiger partial charge >= 0.3 is 0 Å². The molecule has 0 amide bonds. The van der Waals surface area contributed by atoms with Crippen molar-refractivity contribution in [1.82, 2.24) is 9.97 Å². The Morgan fingerprint density at radius 1 is 0.929 bits per heavy atom. The molecule has 0 saturated carbocycles. The van der Waals surface area contributed by atoms with Gasteiger partial charge in [0.1, 0.15) is 17.5 Å². The third kappa shape index (κ3) is 5.10. The summed E-state index contributed by atoms with van der Waals surface area (Å²) in [5.41, 5.74) is 1.27. The summed E-state index contributed by atoms with van der Waals surface area (Å²) in [6.45, 7) is 1.83. The summed E-state index contributed by atoms with van der Waals surface area (Å²) in [5.74, 6) is 2.14. The van der Waals surface area contributed by atoms with Crippen LogP contribution in [0.4, 0.5) is 23.0 Å². The van der Waals surface area contributed by atoms with Crippen LogP contribution in [0.25, 0.3) is 0 Å². The number of hydrogen-bond donors (Lipinski definition) is 2. The summed E-state index contributed by atoms with van der Waals surface area (Å²) in [7, 11) is 0.211. The minimum absolute atomic E-state index is 0.225. The van der Waals surface area contributed by atoms with Crippen molar-refractivity contribution in [3.63, 3.8) is 0 Å². The first-order chi connectivity index (χ1) is 13.2. The fourth-order valence-electron chi connectivity index (χ4n) is 2.44. The topological polar surface area (TPSA) is 87.2 Å². The van der Waals surface area contributed by atoms with Crippen LogP contribution in [0.2, 0.25) is 0 Å². The number of hydrogen-bond acceptors (Lipinski definition) is 6. The molecule has 0 spiro atoms. The molecule has 3 rings (SSSR count). The van der Waals surface area contributed by atoms with E-state index >= 15 is 0 Å². The lowest BCUT2D eigenvalue weighted by molar-refractivity contribution is 0.601. The number of aromatic nitrogens is 2. The van der Waals surface area contributed by atoms with Gasteiger partial charge in [-0.1, -0.05) is 0 Å². The fraction of sp³-hybridized carbons (Fsp3) is 0.158. The van der Waals surface area contributed by atoms with E-state index in [-0.39, 0.29) is 4.90 Å². The molecule has 0 aliphatic rings. The average molecular weight is 509 g/mol. The van der Waals surface area contributed by atoms with Gasteiger partial charge in [0.15, 0.2) is 0 Å². The van der Waals surface area contributed by atoms with Crippen LogP contribution in [-0.4, -0.2) is 32.5 Å². The summed E-state index contributed by atoms with van der Waals surface area (Å²) >= 11 is 2.13. The molecule has 7 nitrogen and oxygen atoms in total. The van der Waals surface area contributed by atoms with E-state index in [0.29, 0.717) is 17.3 Å². The summed E-state index contributed by atoms with van der Waals surface area (Å²) in [4.78, 5) is 10.9. The number of sulfonamides is 1. The molecule has 2 N–H and O–H groups in total. The van der Waals surface area contributed by atoms with Crippen molar-refractivity contribution in [2.45, 2.75) is 11.8 Å². The summed E-state index contributed by atoms with van der Waals surface area (Å²) in [6.07, 6.45) is 0. The van der Waals surface area contributed by atoms with Gasteiger partial charge < -0.3 is 10.2 Å². The molecule has 1 aromatic heterocycles. The Hall–Kier alpha value is -2.40. The van der Waals surface area contributed by atoms with E-state index in [0.717, 1.165) is 15.1 Å². The zero-order chi connectivity index (χ0) is 20.3. The van der Waals surface area contributed by atoms with Crippen LogP contribution in [0, 0.1) is 10.5 Å². The van der Waals surface area contributed by atoms with Gasteiger partial charge in [0.05, 0.1) is 4.90 Å². The highest BCUT2D eigenvalue weighted by atomic mass is 127. The lowest BCUT2D eigenvalue weighted by Gasteiger charge is -2.14. The van der Waals surface area contributed by atoms with Crippen molar-refractivity contribution in [2.75, 3.05) is 29.0 Å². The predicted octanol–water partition coefficient (Wildman–Crippen LogP) is 4.00. The van der Waals surface area contributed by atoms with Crippen LogP contribution in [0.3, 0.4) is 0 Å². The molecule has 0 aliphatic heterocycles. The second-order valence-corrected chi connectivity index (χ2v) is 9.24. The van der Waals surface area contributed by atoms with E-state index in [9.17, 15) is 8.42 Å². The first-order valence-electron chi connectivity index (χ1n) is 8.41. The number of nitrogens with zero attached hydrogens (tertiary/aromatic N) is 3. The van der Waals surface area contributed by atoms with Gasteiger partial charge in [-0.25, -0.2) is 18.4 Å². The molecule has 3 aromatic rings. The monoisotopic (exact) mass is 509 g/mol. The second-order valence-electron chi connectivity index (χ2n) is 6.31. The molecule has 9 heteroatoms. The van der Waals surface area contributed by atoms with E-state index in [4.69, 9.17) is 0 Å². The van der Waals surface area contributed by atoms with E-state index in [2.05, 4.69) is 42.6 Å². The fourth-order valence-corrected chi connectivity index (χ4v) is 3.86. The molecular weight excluding hydrogens is 489 g/mol. The molecule has 0 bridgehead atoms. The molecule has 146 valence electrons. The number of anilines is 4. The minimum Gasteiger partial charge on any atom is -0.363 e. The maximum atomic E-state index is 12.5. The lowest BCUT2D eigenvalue weighted by Crippen LogP contribution is -2.13. The van der Waals surface area contributed by atoms with Crippen LogP contribution in [0.5, 0.6) is 0 Å². The number of nitrogens with one attached hydrogen (secondary N) is 2. The molecule has 0 aliphatic carbocycles. The van der Waals surface area contributed by atoms with E-state index in [1.165, 1.54) is 0 Å². The van der Waals surface area contributed by atoms with Crippen molar-refractivity contribution in [3.8, 4) is 0 Å². The largest absolute Gasteiger partial charge is 0.363 e. The lowest BCUT2D eigenvalue weighted by atomic mass is 10.3. The summed E-state index contributed by atoms with van der Waals surface area (Å²) in [6, 6.07) is 15.5. The van der Waals surface area contributed by atoms with Gasteiger partial charge in [0.2, 0.25) is 0 Å². The van der Waals surface area contributed by atoms with Gasteiger partial charge in [0, 0.05) is 35.1 Å². The Kier molecular flexibility index (Phi) is 6.04. The van der Waals surface area contributed by atoms with Crippen LogP contribution < -0.4 is 14.9 Å². The van der Waals surface area contributed by atoms with Gasteiger partial charge in [-0.2, -0.15) is 0 Å². The highest BCUT2D eigenvalue weighted by Crippen LogP contribution is 2.22. The quantitative estimate of drug-likeness (QED) is 0.489. The number of halogens is 1. The van der Waals surface area contributed by atoms with Gasteiger partial charge in [-0.3, -0.25) is 4.72 Å². The highest BCUT2D eigenvalue weighted by Gasteiger charge is 2.14. The first kappa shape index (κ1) is 20.3. The van der Waals surface area contributed by atoms with Crippen molar-refractivity contribution in [1.29, 1.82) is 0 Å². The van der Waals surface area contributed by atoms with Crippen LogP contribution in [0.15, 0.2) is 59.5 Å². The Morgan fingerprint density at radius 2 is 1.54 bits per heavy atom. The molecule has 1 heterocycles. The molecule has 0 atom stereocenters. The van der Waals surface area contributed by atoms with Gasteiger partial charge in [-0.15, -0.1) is 0 Å². The number of rotatable bonds is 6. The minimum atomic E-state index is -3.62. The molecule has 0 unspecified atom stereocenters. The van der Waals surface area contributed by atoms with Crippen molar-refractivity contribution < 1.29 is 8.42 Å². The predicted molar refractivity (Wildman–Crippen MR) is 121 cm³/mol. The van der Waals surface area contributed by atoms with E-state index in [1.54, 1.807) is 48.5 Å². The van der Waals surface area contributed by atoms with Crippen molar-refractivity contribution >= 4 is 55.6 Å². The third-order valence-electron chi connectivity index (χ3n) is 3.82. The van der Waals surface area contributed by atoms with Crippen LogP contribution in [0.1, 0.15) is 5.82 Å². The SMILES string of the molecule is Cc1nc(Nc2ccc(NS(=O)(=O)c3ccc(I)cc3)cc2)cc(N(C)C)n1. The summed E-state index contributed by atoms with van der Waals surface area (Å²) < 4.78 is 28.5. The summed E-state index contributed by atoms with van der Waals surface area (Å²) in [5, 5.41) is 3.21. The Balaban J connectivity index is 1.74. The average Bonchev–Trinajstić information content (AvgIpc) is 2.63. The van der Waals surface area contributed by atoms with Crippen LogP contribution in [-0.2, 0) is 10.0 Å². The van der Waals surface area contributed by atoms with Crippen molar-refractivity contribution in [3.05, 3.63) is 64.0 Å². The molecule has 0 saturated heterocycles. The first-order valence-corrected chi connectivity index (χ1v) is 11.0.